The van der Waals surface area contributed by atoms with Crippen LogP contribution < -0.4 is 10.6 Å². The molecule has 0 aliphatic heterocycles. The number of anilines is 1. The van der Waals surface area contributed by atoms with Crippen molar-refractivity contribution in [2.75, 3.05) is 11.9 Å². The largest absolute Gasteiger partial charge is 0.480 e. The summed E-state index contributed by atoms with van der Waals surface area (Å²) >= 11 is 1.32. The van der Waals surface area contributed by atoms with E-state index in [4.69, 9.17) is 5.11 Å². The maximum atomic E-state index is 11.5. The number of hydrogen-bond donors (Lipinski definition) is 3. The average molecular weight is 255 g/mol. The molecule has 0 saturated heterocycles. The number of aromatic nitrogens is 1. The van der Waals surface area contributed by atoms with Gasteiger partial charge in [0.25, 0.3) is 0 Å². The van der Waals surface area contributed by atoms with Crippen LogP contribution in [0.25, 0.3) is 0 Å². The van der Waals surface area contributed by atoms with Crippen LogP contribution in [0.5, 0.6) is 0 Å². The molecule has 2 rings (SSSR count). The van der Waals surface area contributed by atoms with E-state index < -0.39 is 11.5 Å². The van der Waals surface area contributed by atoms with E-state index >= 15 is 0 Å². The molecule has 1 aliphatic carbocycles. The van der Waals surface area contributed by atoms with Crippen molar-refractivity contribution in [1.82, 2.24) is 10.3 Å². The van der Waals surface area contributed by atoms with Crippen molar-refractivity contribution >= 4 is 28.3 Å². The Balaban J connectivity index is 1.82. The lowest BCUT2D eigenvalue weighted by atomic mass is 9.77. The van der Waals surface area contributed by atoms with E-state index in [9.17, 15) is 9.59 Å². The summed E-state index contributed by atoms with van der Waals surface area (Å²) in [6.07, 6.45) is 3.63. The van der Waals surface area contributed by atoms with Gasteiger partial charge >= 0.3 is 5.97 Å². The van der Waals surface area contributed by atoms with Gasteiger partial charge in [-0.2, -0.15) is 0 Å². The Morgan fingerprint density at radius 2 is 2.29 bits per heavy atom. The molecule has 6 nitrogen and oxygen atoms in total. The number of amides is 1. The minimum absolute atomic E-state index is 0.00806. The second-order valence-corrected chi connectivity index (χ2v) is 4.87. The third-order valence-corrected chi connectivity index (χ3v) is 3.57. The van der Waals surface area contributed by atoms with Gasteiger partial charge < -0.3 is 10.4 Å². The lowest BCUT2D eigenvalue weighted by molar-refractivity contribution is -0.148. The fourth-order valence-corrected chi connectivity index (χ4v) is 2.24. The zero-order valence-corrected chi connectivity index (χ0v) is 9.92. The first-order valence-electron chi connectivity index (χ1n) is 5.30. The van der Waals surface area contributed by atoms with Crippen LogP contribution in [0.2, 0.25) is 0 Å². The van der Waals surface area contributed by atoms with Gasteiger partial charge in [0.2, 0.25) is 5.91 Å². The van der Waals surface area contributed by atoms with Crippen LogP contribution in [0.15, 0.2) is 11.6 Å². The molecule has 1 aromatic heterocycles. The number of rotatable bonds is 5. The second kappa shape index (κ2) is 4.80. The third kappa shape index (κ3) is 2.62. The van der Waals surface area contributed by atoms with E-state index in [1.807, 2.05) is 0 Å². The lowest BCUT2D eigenvalue weighted by Crippen LogP contribution is -2.58. The predicted octanol–water partition coefficient (Wildman–Crippen LogP) is 0.678. The molecule has 0 radical (unpaired) electrons. The first-order chi connectivity index (χ1) is 8.12. The van der Waals surface area contributed by atoms with Crippen LogP contribution in [-0.4, -0.2) is 34.1 Å². The van der Waals surface area contributed by atoms with Gasteiger partial charge in [-0.3, -0.25) is 14.9 Å². The summed E-state index contributed by atoms with van der Waals surface area (Å²) in [5.74, 6) is -1.15. The van der Waals surface area contributed by atoms with E-state index in [2.05, 4.69) is 15.6 Å². The third-order valence-electron chi connectivity index (χ3n) is 2.88. The monoisotopic (exact) mass is 255 g/mol. The minimum atomic E-state index is -0.903. The number of carbonyl (C=O) groups is 2. The van der Waals surface area contributed by atoms with Crippen LogP contribution in [0.1, 0.15) is 19.3 Å². The number of hydrogen-bond acceptors (Lipinski definition) is 5. The molecule has 17 heavy (non-hydrogen) atoms. The van der Waals surface area contributed by atoms with Crippen molar-refractivity contribution in [2.24, 2.45) is 0 Å². The maximum absolute atomic E-state index is 11.5. The molecular formula is C10H13N3O3S. The highest BCUT2D eigenvalue weighted by Gasteiger charge is 2.44. The summed E-state index contributed by atoms with van der Waals surface area (Å²) in [5.41, 5.74) is -0.903. The number of carboxylic acids is 1. The molecule has 7 heteroatoms. The van der Waals surface area contributed by atoms with Gasteiger partial charge in [-0.1, -0.05) is 0 Å². The highest BCUT2D eigenvalue weighted by atomic mass is 32.1. The van der Waals surface area contributed by atoms with Gasteiger partial charge in [0, 0.05) is 11.6 Å². The molecule has 0 bridgehead atoms. The SMILES string of the molecule is O=C(CNC1(C(=O)O)CCC1)Nc1nccs1. The number of thiazole rings is 1. The van der Waals surface area contributed by atoms with Crippen LogP contribution in [-0.2, 0) is 9.59 Å². The van der Waals surface area contributed by atoms with Crippen molar-refractivity contribution < 1.29 is 14.7 Å². The molecule has 0 atom stereocenters. The van der Waals surface area contributed by atoms with Gasteiger partial charge in [-0.25, -0.2) is 4.98 Å². The Bertz CT molecular complexity index is 414. The highest BCUT2D eigenvalue weighted by Crippen LogP contribution is 2.31. The zero-order chi connectivity index (χ0) is 12.3. The van der Waals surface area contributed by atoms with Gasteiger partial charge in [0.1, 0.15) is 5.54 Å². The Morgan fingerprint density at radius 1 is 1.53 bits per heavy atom. The molecule has 0 aromatic carbocycles. The Morgan fingerprint density at radius 3 is 2.76 bits per heavy atom. The normalized spacial score (nSPS) is 17.2. The van der Waals surface area contributed by atoms with Gasteiger partial charge in [-0.15, -0.1) is 11.3 Å². The molecule has 1 fully saturated rings. The summed E-state index contributed by atoms with van der Waals surface area (Å²) in [7, 11) is 0. The van der Waals surface area contributed by atoms with E-state index in [-0.39, 0.29) is 12.5 Å². The molecule has 92 valence electrons. The van der Waals surface area contributed by atoms with Crippen molar-refractivity contribution in [3.8, 4) is 0 Å². The predicted molar refractivity (Wildman–Crippen MR) is 63.0 cm³/mol. The lowest BCUT2D eigenvalue weighted by Gasteiger charge is -2.38. The maximum Gasteiger partial charge on any atom is 0.323 e. The van der Waals surface area contributed by atoms with Crippen molar-refractivity contribution in [2.45, 2.75) is 24.8 Å². The molecule has 1 aliphatic rings. The Labute approximate surface area is 102 Å². The second-order valence-electron chi connectivity index (χ2n) is 3.98. The number of aliphatic carboxylic acids is 1. The molecule has 1 heterocycles. The fourth-order valence-electron chi connectivity index (χ4n) is 1.69. The van der Waals surface area contributed by atoms with Crippen molar-refractivity contribution in [3.63, 3.8) is 0 Å². The summed E-state index contributed by atoms with van der Waals surface area (Å²) in [6.45, 7) is -0.00806. The molecule has 1 aromatic rings. The first-order valence-corrected chi connectivity index (χ1v) is 6.18. The summed E-state index contributed by atoms with van der Waals surface area (Å²) in [4.78, 5) is 26.5. The van der Waals surface area contributed by atoms with Crippen LogP contribution in [0, 0.1) is 0 Å². The number of nitrogens with one attached hydrogen (secondary N) is 2. The molecule has 0 spiro atoms. The molecule has 1 amide bonds. The van der Waals surface area contributed by atoms with Crippen molar-refractivity contribution in [3.05, 3.63) is 11.6 Å². The van der Waals surface area contributed by atoms with Crippen LogP contribution in [0.3, 0.4) is 0 Å². The van der Waals surface area contributed by atoms with Gasteiger partial charge in [0.05, 0.1) is 6.54 Å². The molecular weight excluding hydrogens is 242 g/mol. The average Bonchev–Trinajstić information content (AvgIpc) is 2.68. The summed E-state index contributed by atoms with van der Waals surface area (Å²) in [6, 6.07) is 0. The van der Waals surface area contributed by atoms with Crippen molar-refractivity contribution in [1.29, 1.82) is 0 Å². The Kier molecular flexibility index (Phi) is 3.39. The number of carbonyl (C=O) groups excluding carboxylic acids is 1. The van der Waals surface area contributed by atoms with Crippen LogP contribution >= 0.6 is 11.3 Å². The minimum Gasteiger partial charge on any atom is -0.480 e. The Hall–Kier alpha value is -1.47. The first kappa shape index (κ1) is 12.0. The number of nitrogens with zero attached hydrogens (tertiary/aromatic N) is 1. The highest BCUT2D eigenvalue weighted by molar-refractivity contribution is 7.13. The van der Waals surface area contributed by atoms with E-state index in [1.54, 1.807) is 11.6 Å². The summed E-state index contributed by atoms with van der Waals surface area (Å²) < 4.78 is 0. The molecule has 1 saturated carbocycles. The number of carboxylic acid groups (broad SMARTS) is 1. The van der Waals surface area contributed by atoms with E-state index in [0.717, 1.165) is 6.42 Å². The van der Waals surface area contributed by atoms with E-state index in [0.29, 0.717) is 18.0 Å². The molecule has 0 unspecified atom stereocenters. The smallest absolute Gasteiger partial charge is 0.323 e. The topological polar surface area (TPSA) is 91.3 Å². The fraction of sp³-hybridized carbons (Fsp3) is 0.500. The summed E-state index contributed by atoms with van der Waals surface area (Å²) in [5, 5.41) is 16.7. The standard InChI is InChI=1S/C10H13N3O3S/c14-7(13-9-11-4-5-17-9)6-12-10(8(15)16)2-1-3-10/h4-5,12H,1-3,6H2,(H,15,16)(H,11,13,14). The van der Waals surface area contributed by atoms with E-state index in [1.165, 1.54) is 11.3 Å². The van der Waals surface area contributed by atoms with Gasteiger partial charge in [0.15, 0.2) is 5.13 Å². The molecule has 3 N–H and O–H groups in total. The zero-order valence-electron chi connectivity index (χ0n) is 9.10. The van der Waals surface area contributed by atoms with Crippen LogP contribution in [0.4, 0.5) is 5.13 Å². The van der Waals surface area contributed by atoms with Gasteiger partial charge in [-0.05, 0) is 19.3 Å². The quantitative estimate of drug-likeness (QED) is 0.719.